The van der Waals surface area contributed by atoms with Crippen LogP contribution in [0.25, 0.3) is 22.2 Å². The molecule has 208 valence electrons. The predicted octanol–water partition coefficient (Wildman–Crippen LogP) is 7.50. The van der Waals surface area contributed by atoms with Crippen LogP contribution in [-0.4, -0.2) is 25.1 Å². The maximum absolute atomic E-state index is 13.7. The van der Waals surface area contributed by atoms with E-state index in [0.29, 0.717) is 33.5 Å². The largest absolute Gasteiger partial charge is 0.497 e. The van der Waals surface area contributed by atoms with Crippen molar-refractivity contribution in [3.63, 3.8) is 0 Å². The van der Waals surface area contributed by atoms with E-state index in [1.54, 1.807) is 20.3 Å². The van der Waals surface area contributed by atoms with Gasteiger partial charge >= 0.3 is 0 Å². The molecule has 1 aliphatic carbocycles. The smallest absolute Gasteiger partial charge is 0.262 e. The molecular weight excluding hydrogens is 534 g/mol. The van der Waals surface area contributed by atoms with Gasteiger partial charge in [-0.25, -0.2) is 9.98 Å². The van der Waals surface area contributed by atoms with Crippen molar-refractivity contribution in [3.05, 3.63) is 93.9 Å². The number of ether oxygens (including phenoxy) is 2. The molecule has 1 N–H and O–H groups in total. The zero-order chi connectivity index (χ0) is 28.3. The Labute approximate surface area is 242 Å². The lowest BCUT2D eigenvalue weighted by molar-refractivity contribution is 0.102. The van der Waals surface area contributed by atoms with Gasteiger partial charge in [0, 0.05) is 15.8 Å². The molecule has 0 spiro atoms. The van der Waals surface area contributed by atoms with E-state index in [9.17, 15) is 4.79 Å². The first-order valence-corrected chi connectivity index (χ1v) is 14.6. The fourth-order valence-corrected chi connectivity index (χ4v) is 6.14. The summed E-state index contributed by atoms with van der Waals surface area (Å²) >= 11 is 1.50. The number of aryl methyl sites for hydroxylation is 3. The summed E-state index contributed by atoms with van der Waals surface area (Å²) in [6.07, 6.45) is 5.54. The van der Waals surface area contributed by atoms with Crippen molar-refractivity contribution in [2.24, 2.45) is 4.99 Å². The van der Waals surface area contributed by atoms with Gasteiger partial charge in [0.1, 0.15) is 11.3 Å². The van der Waals surface area contributed by atoms with Gasteiger partial charge in [-0.1, -0.05) is 31.2 Å². The highest BCUT2D eigenvalue weighted by Crippen LogP contribution is 2.34. The lowest BCUT2D eigenvalue weighted by Crippen LogP contribution is -2.21. The highest BCUT2D eigenvalue weighted by Gasteiger charge is 2.19. The molecule has 2 heterocycles. The van der Waals surface area contributed by atoms with Crippen LogP contribution < -0.4 is 20.3 Å². The standard InChI is InChI=1S/C33H31N3O4S/c1-4-28-29(22-13-12-20-8-5-6-9-21(20)18-22)35-33(41-28)36-31(37)26-19-23-10-7-11-27(39-3)30(23)40-32(26)34-24-14-16-25(38-2)17-15-24/h7,10-19H,4-6,8-9H2,1-3H3,(H,35,36,37). The number of hydrogen-bond acceptors (Lipinski definition) is 7. The fraction of sp³-hybridized carbons (Fsp3) is 0.242. The number of anilines is 1. The number of rotatable bonds is 7. The van der Waals surface area contributed by atoms with Crippen LogP contribution in [0.3, 0.4) is 0 Å². The number of aromatic nitrogens is 1. The molecule has 7 nitrogen and oxygen atoms in total. The minimum Gasteiger partial charge on any atom is -0.497 e. The Morgan fingerprint density at radius 3 is 2.56 bits per heavy atom. The number of nitrogens with zero attached hydrogens (tertiary/aromatic N) is 2. The second-order valence-electron chi connectivity index (χ2n) is 9.94. The van der Waals surface area contributed by atoms with Crippen LogP contribution in [0.5, 0.6) is 11.5 Å². The quantitative estimate of drug-likeness (QED) is 0.221. The molecule has 5 aromatic rings. The first-order chi connectivity index (χ1) is 20.1. The zero-order valence-electron chi connectivity index (χ0n) is 23.3. The monoisotopic (exact) mass is 565 g/mol. The van der Waals surface area contributed by atoms with Crippen molar-refractivity contribution in [2.75, 3.05) is 19.5 Å². The van der Waals surface area contributed by atoms with E-state index >= 15 is 0 Å². The highest BCUT2D eigenvalue weighted by atomic mass is 32.1. The minimum absolute atomic E-state index is 0.173. The Balaban J connectivity index is 1.39. The summed E-state index contributed by atoms with van der Waals surface area (Å²) in [6, 6.07) is 21.2. The summed E-state index contributed by atoms with van der Waals surface area (Å²) in [4.78, 5) is 24.4. The number of amides is 1. The number of benzene rings is 3. The molecular formula is C33H31N3O4S. The van der Waals surface area contributed by atoms with Crippen LogP contribution in [0.4, 0.5) is 10.8 Å². The second-order valence-corrected chi connectivity index (χ2v) is 11.0. The Morgan fingerprint density at radius 2 is 1.80 bits per heavy atom. The molecule has 0 radical (unpaired) electrons. The van der Waals surface area contributed by atoms with Crippen LogP contribution in [0.2, 0.25) is 0 Å². The molecule has 2 aromatic heterocycles. The second kappa shape index (κ2) is 11.6. The van der Waals surface area contributed by atoms with Gasteiger partial charge in [-0.15, -0.1) is 11.3 Å². The number of methoxy groups -OCH3 is 2. The van der Waals surface area contributed by atoms with E-state index in [1.165, 1.54) is 35.3 Å². The topological polar surface area (TPSA) is 86.0 Å². The van der Waals surface area contributed by atoms with E-state index in [-0.39, 0.29) is 11.5 Å². The number of hydrogen-bond donors (Lipinski definition) is 1. The van der Waals surface area contributed by atoms with Gasteiger partial charge in [-0.05, 0) is 85.7 Å². The zero-order valence-corrected chi connectivity index (χ0v) is 24.1. The third-order valence-electron chi connectivity index (χ3n) is 7.37. The van der Waals surface area contributed by atoms with Crippen molar-refractivity contribution in [3.8, 4) is 22.8 Å². The lowest BCUT2D eigenvalue weighted by Gasteiger charge is -2.16. The molecule has 1 aliphatic rings. The molecule has 8 heteroatoms. The third kappa shape index (κ3) is 5.47. The van der Waals surface area contributed by atoms with E-state index in [4.69, 9.17) is 18.9 Å². The lowest BCUT2D eigenvalue weighted by atomic mass is 9.90. The molecule has 0 unspecified atom stereocenters. The van der Waals surface area contributed by atoms with Gasteiger partial charge in [0.2, 0.25) is 5.55 Å². The number of carbonyl (C=O) groups is 1. The average Bonchev–Trinajstić information content (AvgIpc) is 3.43. The molecule has 3 aromatic carbocycles. The van der Waals surface area contributed by atoms with Gasteiger partial charge < -0.3 is 13.9 Å². The molecule has 0 aliphatic heterocycles. The van der Waals surface area contributed by atoms with E-state index in [1.807, 2.05) is 42.5 Å². The summed E-state index contributed by atoms with van der Waals surface area (Å²) in [5, 5.41) is 4.29. The number of fused-ring (bicyclic) bond motifs is 2. The Bertz CT molecular complexity index is 1800. The maximum atomic E-state index is 13.7. The molecule has 0 atom stereocenters. The third-order valence-corrected chi connectivity index (χ3v) is 8.48. The predicted molar refractivity (Wildman–Crippen MR) is 163 cm³/mol. The van der Waals surface area contributed by atoms with Crippen LogP contribution in [-0.2, 0) is 19.3 Å². The van der Waals surface area contributed by atoms with E-state index in [2.05, 4.69) is 35.4 Å². The van der Waals surface area contributed by atoms with Crippen molar-refractivity contribution >= 4 is 39.0 Å². The summed E-state index contributed by atoms with van der Waals surface area (Å²) in [7, 11) is 3.19. The molecule has 6 rings (SSSR count). The maximum Gasteiger partial charge on any atom is 0.262 e. The van der Waals surface area contributed by atoms with Crippen molar-refractivity contribution < 1.29 is 18.7 Å². The van der Waals surface area contributed by atoms with Crippen molar-refractivity contribution in [1.29, 1.82) is 0 Å². The Hall–Kier alpha value is -4.43. The van der Waals surface area contributed by atoms with Crippen LogP contribution in [0.15, 0.2) is 76.1 Å². The van der Waals surface area contributed by atoms with E-state index in [0.717, 1.165) is 40.8 Å². The van der Waals surface area contributed by atoms with Crippen LogP contribution >= 0.6 is 11.3 Å². The van der Waals surface area contributed by atoms with Crippen LogP contribution in [0, 0.1) is 0 Å². The van der Waals surface area contributed by atoms with E-state index < -0.39 is 0 Å². The van der Waals surface area contributed by atoms with Gasteiger partial charge in [-0.2, -0.15) is 0 Å². The molecule has 41 heavy (non-hydrogen) atoms. The molecule has 0 bridgehead atoms. The molecule has 0 fully saturated rings. The summed E-state index contributed by atoms with van der Waals surface area (Å²) in [5.74, 6) is 0.922. The van der Waals surface area contributed by atoms with Gasteiger partial charge in [0.05, 0.1) is 25.6 Å². The minimum atomic E-state index is -0.348. The summed E-state index contributed by atoms with van der Waals surface area (Å²) in [6.45, 7) is 2.11. The normalized spacial score (nSPS) is 13.2. The number of carbonyl (C=O) groups excluding carboxylic acids is 1. The highest BCUT2D eigenvalue weighted by molar-refractivity contribution is 7.16. The van der Waals surface area contributed by atoms with Crippen LogP contribution in [0.1, 0.15) is 46.1 Å². The summed E-state index contributed by atoms with van der Waals surface area (Å²) < 4.78 is 17.0. The molecule has 0 saturated heterocycles. The number of thiazole rings is 1. The van der Waals surface area contributed by atoms with Gasteiger partial charge in [0.25, 0.3) is 5.91 Å². The Kier molecular flexibility index (Phi) is 7.57. The Morgan fingerprint density at radius 1 is 1.00 bits per heavy atom. The summed E-state index contributed by atoms with van der Waals surface area (Å²) in [5.41, 5.74) is 6.47. The fourth-order valence-electron chi connectivity index (χ4n) is 5.22. The average molecular weight is 566 g/mol. The van der Waals surface area contributed by atoms with Crippen molar-refractivity contribution in [1.82, 2.24) is 4.98 Å². The SMILES string of the molecule is CCc1sc(NC(=O)c2cc3cccc(OC)c3oc2=Nc2ccc(OC)cc2)nc1-c1ccc2c(c1)CCCC2. The van der Waals surface area contributed by atoms with Crippen molar-refractivity contribution in [2.45, 2.75) is 39.0 Å². The number of para-hydroxylation sites is 1. The first kappa shape index (κ1) is 26.8. The van der Waals surface area contributed by atoms with Gasteiger partial charge in [0.15, 0.2) is 16.5 Å². The number of nitrogens with one attached hydrogen (secondary N) is 1. The first-order valence-electron chi connectivity index (χ1n) is 13.8. The van der Waals surface area contributed by atoms with Gasteiger partial charge in [-0.3, -0.25) is 10.1 Å². The molecule has 0 saturated carbocycles. The molecule has 1 amide bonds.